The zero-order valence-corrected chi connectivity index (χ0v) is 23.1. The van der Waals surface area contributed by atoms with E-state index in [2.05, 4.69) is 11.4 Å². The molecule has 0 radical (unpaired) electrons. The van der Waals surface area contributed by atoms with Crippen LogP contribution in [0.4, 0.5) is 0 Å². The fourth-order valence-electron chi connectivity index (χ4n) is 4.33. The van der Waals surface area contributed by atoms with Gasteiger partial charge in [0.25, 0.3) is 0 Å². The average Bonchev–Trinajstić information content (AvgIpc) is 2.87. The Morgan fingerprint density at radius 1 is 1.03 bits per heavy atom. The molecule has 0 heterocycles. The van der Waals surface area contributed by atoms with Crippen LogP contribution < -0.4 is 5.32 Å². The number of carbonyl (C=O) groups excluding carboxylic acids is 2. The van der Waals surface area contributed by atoms with E-state index in [0.29, 0.717) is 18.0 Å². The van der Waals surface area contributed by atoms with Gasteiger partial charge in [0.15, 0.2) is 0 Å². The number of nitrogens with one attached hydrogen (secondary N) is 1. The third-order valence-electron chi connectivity index (χ3n) is 6.59. The highest BCUT2D eigenvalue weighted by Crippen LogP contribution is 2.20. The van der Waals surface area contributed by atoms with Crippen LogP contribution in [0.2, 0.25) is 5.02 Å². The molecule has 3 rings (SSSR count). The molecule has 2 aromatic carbocycles. The molecule has 1 aliphatic carbocycles. The number of nitrogens with zero attached hydrogens (tertiary/aromatic N) is 2. The number of allylic oxidation sites excluding steroid dienone is 1. The topological polar surface area (TPSA) is 86.8 Å². The van der Waals surface area contributed by atoms with E-state index < -0.39 is 22.0 Å². The molecule has 0 saturated carbocycles. The molecule has 200 valence electrons. The quantitative estimate of drug-likeness (QED) is 0.405. The van der Waals surface area contributed by atoms with E-state index in [9.17, 15) is 18.0 Å². The first-order valence-electron chi connectivity index (χ1n) is 12.6. The van der Waals surface area contributed by atoms with E-state index in [0.717, 1.165) is 41.0 Å². The molecular formula is C28H36ClN3O4S. The Hall–Kier alpha value is -2.68. The summed E-state index contributed by atoms with van der Waals surface area (Å²) >= 11 is 6.05. The Bertz CT molecular complexity index is 1180. The van der Waals surface area contributed by atoms with Crippen molar-refractivity contribution in [2.45, 2.75) is 51.1 Å². The normalized spacial score (nSPS) is 14.6. The number of hydrogen-bond acceptors (Lipinski definition) is 4. The van der Waals surface area contributed by atoms with E-state index >= 15 is 0 Å². The molecule has 37 heavy (non-hydrogen) atoms. The summed E-state index contributed by atoms with van der Waals surface area (Å²) < 4.78 is 25.1. The zero-order valence-electron chi connectivity index (χ0n) is 21.5. The van der Waals surface area contributed by atoms with Crippen molar-refractivity contribution in [2.75, 3.05) is 26.4 Å². The van der Waals surface area contributed by atoms with Gasteiger partial charge in [0.2, 0.25) is 21.8 Å². The van der Waals surface area contributed by atoms with Crippen molar-refractivity contribution in [1.82, 2.24) is 14.5 Å². The van der Waals surface area contributed by atoms with Gasteiger partial charge >= 0.3 is 0 Å². The standard InChI is InChI=1S/C28H36ClN3O4S/c1-31(37(2,35)36)21-27(33)32(20-24-13-15-25(29)16-14-24)26(19-23-11-7-4-8-12-23)28(34)30-18-17-22-9-5-3-6-10-22/h4,7-9,11-16,26H,3,5-6,10,17-21H2,1-2H3,(H,30,34). The third-order valence-corrected chi connectivity index (χ3v) is 8.11. The van der Waals surface area contributed by atoms with Crippen molar-refractivity contribution in [1.29, 1.82) is 0 Å². The van der Waals surface area contributed by atoms with Gasteiger partial charge in [0.1, 0.15) is 6.04 Å². The van der Waals surface area contributed by atoms with Crippen LogP contribution in [-0.2, 0) is 32.6 Å². The first kappa shape index (κ1) is 28.9. The highest BCUT2D eigenvalue weighted by Gasteiger charge is 2.31. The lowest BCUT2D eigenvalue weighted by molar-refractivity contribution is -0.141. The molecule has 2 amide bonds. The van der Waals surface area contributed by atoms with Crippen molar-refractivity contribution < 1.29 is 18.0 Å². The maximum Gasteiger partial charge on any atom is 0.243 e. The predicted molar refractivity (Wildman–Crippen MR) is 148 cm³/mol. The molecule has 7 nitrogen and oxygen atoms in total. The van der Waals surface area contributed by atoms with Crippen molar-refractivity contribution in [3.8, 4) is 0 Å². The summed E-state index contributed by atoms with van der Waals surface area (Å²) in [6, 6.07) is 15.8. The van der Waals surface area contributed by atoms with E-state index in [-0.39, 0.29) is 19.0 Å². The summed E-state index contributed by atoms with van der Waals surface area (Å²) in [5, 5.41) is 3.60. The number of rotatable bonds is 12. The number of halogens is 1. The maximum atomic E-state index is 13.6. The Labute approximate surface area is 225 Å². The second-order valence-electron chi connectivity index (χ2n) is 9.52. The van der Waals surface area contributed by atoms with Gasteiger partial charge in [-0.25, -0.2) is 8.42 Å². The molecule has 9 heteroatoms. The Kier molecular flexibility index (Phi) is 10.7. The minimum Gasteiger partial charge on any atom is -0.354 e. The Morgan fingerprint density at radius 2 is 1.73 bits per heavy atom. The van der Waals surface area contributed by atoms with Crippen LogP contribution in [0.5, 0.6) is 0 Å². The minimum absolute atomic E-state index is 0.143. The van der Waals surface area contributed by atoms with Crippen LogP contribution in [0.25, 0.3) is 0 Å². The molecule has 0 spiro atoms. The molecule has 1 unspecified atom stereocenters. The van der Waals surface area contributed by atoms with E-state index in [1.54, 1.807) is 24.3 Å². The van der Waals surface area contributed by atoms with Crippen LogP contribution in [0.3, 0.4) is 0 Å². The average molecular weight is 546 g/mol. The van der Waals surface area contributed by atoms with Gasteiger partial charge in [0.05, 0.1) is 12.8 Å². The molecule has 1 N–H and O–H groups in total. The first-order chi connectivity index (χ1) is 17.6. The smallest absolute Gasteiger partial charge is 0.243 e. The Balaban J connectivity index is 1.87. The molecule has 0 bridgehead atoms. The molecule has 1 atom stereocenters. The molecular weight excluding hydrogens is 510 g/mol. The highest BCUT2D eigenvalue weighted by molar-refractivity contribution is 7.88. The summed E-state index contributed by atoms with van der Waals surface area (Å²) in [7, 11) is -2.22. The first-order valence-corrected chi connectivity index (χ1v) is 14.8. The monoisotopic (exact) mass is 545 g/mol. The van der Waals surface area contributed by atoms with Crippen molar-refractivity contribution in [3.05, 3.63) is 82.4 Å². The van der Waals surface area contributed by atoms with Crippen LogP contribution >= 0.6 is 11.6 Å². The van der Waals surface area contributed by atoms with E-state index in [1.807, 2.05) is 30.3 Å². The number of hydrogen-bond donors (Lipinski definition) is 1. The predicted octanol–water partition coefficient (Wildman–Crippen LogP) is 4.18. The van der Waals surface area contributed by atoms with Crippen molar-refractivity contribution in [2.24, 2.45) is 0 Å². The van der Waals surface area contributed by atoms with Crippen LogP contribution in [0.1, 0.15) is 43.2 Å². The number of amides is 2. The van der Waals surface area contributed by atoms with Gasteiger partial charge in [0, 0.05) is 31.6 Å². The number of benzene rings is 2. The van der Waals surface area contributed by atoms with Crippen molar-refractivity contribution in [3.63, 3.8) is 0 Å². The fourth-order valence-corrected chi connectivity index (χ4v) is 4.81. The van der Waals surface area contributed by atoms with Crippen LogP contribution in [0.15, 0.2) is 66.2 Å². The lowest BCUT2D eigenvalue weighted by Crippen LogP contribution is -2.53. The molecule has 1 aliphatic rings. The van der Waals surface area contributed by atoms with E-state index in [4.69, 9.17) is 11.6 Å². The molecule has 0 aliphatic heterocycles. The zero-order chi connectivity index (χ0) is 26.8. The fraction of sp³-hybridized carbons (Fsp3) is 0.429. The third kappa shape index (κ3) is 9.29. The van der Waals surface area contributed by atoms with Gasteiger partial charge in [-0.1, -0.05) is 65.7 Å². The summed E-state index contributed by atoms with van der Waals surface area (Å²) in [5.41, 5.74) is 3.05. The SMILES string of the molecule is CN(CC(=O)N(Cc1ccc(Cl)cc1)C(Cc1ccccc1)C(=O)NCCC1=CCCCC1)S(C)(=O)=O. The summed E-state index contributed by atoms with van der Waals surface area (Å²) in [4.78, 5) is 28.6. The van der Waals surface area contributed by atoms with Crippen molar-refractivity contribution >= 4 is 33.4 Å². The number of sulfonamides is 1. The Morgan fingerprint density at radius 3 is 2.35 bits per heavy atom. The van der Waals surface area contributed by atoms with E-state index in [1.165, 1.54) is 30.4 Å². The summed E-state index contributed by atoms with van der Waals surface area (Å²) in [6.45, 7) is 0.268. The van der Waals surface area contributed by atoms with Crippen LogP contribution in [-0.4, -0.2) is 61.9 Å². The number of carbonyl (C=O) groups is 2. The number of likely N-dealkylation sites (N-methyl/N-ethyl adjacent to an activating group) is 1. The molecule has 2 aromatic rings. The van der Waals surface area contributed by atoms with Gasteiger partial charge < -0.3 is 10.2 Å². The summed E-state index contributed by atoms with van der Waals surface area (Å²) in [5.74, 6) is -0.710. The maximum absolute atomic E-state index is 13.6. The van der Waals surface area contributed by atoms with Gasteiger partial charge in [-0.15, -0.1) is 0 Å². The summed E-state index contributed by atoms with van der Waals surface area (Å²) in [6.07, 6.45) is 8.92. The molecule has 0 fully saturated rings. The lowest BCUT2D eigenvalue weighted by Gasteiger charge is -2.32. The second-order valence-corrected chi connectivity index (χ2v) is 12.0. The lowest BCUT2D eigenvalue weighted by atomic mass is 9.97. The van der Waals surface area contributed by atoms with Crippen LogP contribution in [0, 0.1) is 0 Å². The minimum atomic E-state index is -3.58. The molecule has 0 saturated heterocycles. The van der Waals surface area contributed by atoms with Gasteiger partial charge in [-0.05, 0) is 55.4 Å². The second kappa shape index (κ2) is 13.7. The largest absolute Gasteiger partial charge is 0.354 e. The molecule has 0 aromatic heterocycles. The van der Waals surface area contributed by atoms with Gasteiger partial charge in [-0.3, -0.25) is 9.59 Å². The van der Waals surface area contributed by atoms with Gasteiger partial charge in [-0.2, -0.15) is 4.31 Å². The highest BCUT2D eigenvalue weighted by atomic mass is 35.5.